The summed E-state index contributed by atoms with van der Waals surface area (Å²) in [5, 5.41) is 26.5. The Bertz CT molecular complexity index is 688. The lowest BCUT2D eigenvalue weighted by Crippen LogP contribution is -2.61. The molecule has 11 N–H and O–H groups in total. The molecule has 0 aliphatic rings. The average molecular weight is 475 g/mol. The molecule has 6 unspecified atom stereocenters. The molecule has 0 saturated heterocycles. The van der Waals surface area contributed by atoms with Crippen LogP contribution in [-0.4, -0.2) is 76.6 Å². The predicted molar refractivity (Wildman–Crippen MR) is 119 cm³/mol. The highest BCUT2D eigenvalue weighted by Crippen LogP contribution is 2.10. The van der Waals surface area contributed by atoms with E-state index in [1.807, 2.05) is 0 Å². The van der Waals surface area contributed by atoms with Crippen molar-refractivity contribution in [1.29, 1.82) is 0 Å². The van der Waals surface area contributed by atoms with Crippen LogP contribution >= 0.6 is 0 Å². The van der Waals surface area contributed by atoms with Crippen molar-refractivity contribution in [1.82, 2.24) is 16.0 Å². The number of carboxylic acid groups (broad SMARTS) is 1. The van der Waals surface area contributed by atoms with Crippen molar-refractivity contribution >= 4 is 29.6 Å². The van der Waals surface area contributed by atoms with Crippen molar-refractivity contribution in [2.75, 3.05) is 6.54 Å². The number of carbonyl (C=O) groups is 5. The highest BCUT2D eigenvalue weighted by Gasteiger charge is 2.34. The van der Waals surface area contributed by atoms with Gasteiger partial charge in [0.25, 0.3) is 0 Å². The van der Waals surface area contributed by atoms with Gasteiger partial charge in [-0.1, -0.05) is 20.3 Å². The van der Waals surface area contributed by atoms with Crippen LogP contribution in [0.25, 0.3) is 0 Å². The molecule has 0 aromatic heterocycles. The van der Waals surface area contributed by atoms with Crippen molar-refractivity contribution in [2.45, 2.75) is 83.1 Å². The molecule has 4 amide bonds. The van der Waals surface area contributed by atoms with E-state index in [9.17, 15) is 34.2 Å². The molecule has 13 nitrogen and oxygen atoms in total. The summed E-state index contributed by atoms with van der Waals surface area (Å²) < 4.78 is 0. The molecular formula is C20H38N6O7. The highest BCUT2D eigenvalue weighted by molar-refractivity contribution is 5.95. The minimum atomic E-state index is -1.48. The topological polar surface area (TPSA) is 240 Å². The van der Waals surface area contributed by atoms with Crippen LogP contribution in [0.1, 0.15) is 52.9 Å². The third kappa shape index (κ3) is 11.1. The summed E-state index contributed by atoms with van der Waals surface area (Å²) in [5.41, 5.74) is 16.1. The quantitative estimate of drug-likeness (QED) is 0.108. The normalized spacial score (nSPS) is 16.4. The summed E-state index contributed by atoms with van der Waals surface area (Å²) >= 11 is 0. The molecule has 0 radical (unpaired) electrons. The van der Waals surface area contributed by atoms with E-state index in [1.54, 1.807) is 13.8 Å². The molecule has 0 rings (SSSR count). The van der Waals surface area contributed by atoms with Gasteiger partial charge in [0.2, 0.25) is 23.6 Å². The third-order valence-corrected chi connectivity index (χ3v) is 5.18. The maximum absolute atomic E-state index is 12.9. The fraction of sp³-hybridized carbons (Fsp3) is 0.750. The number of aliphatic carboxylic acids is 1. The van der Waals surface area contributed by atoms with Gasteiger partial charge < -0.3 is 43.4 Å². The SMILES string of the molecule is CCC(C)C(NC(=O)C(N)CC(N)=O)C(=O)NC(C(=O)NC(CCCCN)C(=O)O)C(C)O. The van der Waals surface area contributed by atoms with E-state index < -0.39 is 72.2 Å². The van der Waals surface area contributed by atoms with E-state index in [2.05, 4.69) is 16.0 Å². The van der Waals surface area contributed by atoms with E-state index in [0.29, 0.717) is 25.8 Å². The number of carbonyl (C=O) groups excluding carboxylic acids is 4. The fourth-order valence-electron chi connectivity index (χ4n) is 2.93. The smallest absolute Gasteiger partial charge is 0.326 e. The van der Waals surface area contributed by atoms with Crippen molar-refractivity contribution in [3.63, 3.8) is 0 Å². The van der Waals surface area contributed by atoms with E-state index in [0.717, 1.165) is 0 Å². The molecule has 0 spiro atoms. The van der Waals surface area contributed by atoms with Crippen LogP contribution in [0, 0.1) is 5.92 Å². The van der Waals surface area contributed by atoms with Gasteiger partial charge in [0.15, 0.2) is 0 Å². The Balaban J connectivity index is 5.42. The maximum Gasteiger partial charge on any atom is 0.326 e. The molecule has 0 aliphatic heterocycles. The van der Waals surface area contributed by atoms with Crippen LogP contribution in [0.5, 0.6) is 0 Å². The molecule has 33 heavy (non-hydrogen) atoms. The first-order valence-corrected chi connectivity index (χ1v) is 10.9. The highest BCUT2D eigenvalue weighted by atomic mass is 16.4. The Labute approximate surface area is 193 Å². The van der Waals surface area contributed by atoms with Gasteiger partial charge in [-0.15, -0.1) is 0 Å². The second kappa shape index (κ2) is 15.1. The first-order valence-electron chi connectivity index (χ1n) is 10.9. The van der Waals surface area contributed by atoms with E-state index in [1.165, 1.54) is 6.92 Å². The summed E-state index contributed by atoms with van der Waals surface area (Å²) in [5.74, 6) is -4.89. The molecule has 0 aliphatic carbocycles. The Hall–Kier alpha value is -2.77. The summed E-state index contributed by atoms with van der Waals surface area (Å²) in [6.45, 7) is 5.09. The number of aliphatic hydroxyl groups excluding tert-OH is 1. The minimum Gasteiger partial charge on any atom is -0.480 e. The maximum atomic E-state index is 12.9. The van der Waals surface area contributed by atoms with E-state index in [-0.39, 0.29) is 6.42 Å². The van der Waals surface area contributed by atoms with E-state index in [4.69, 9.17) is 17.2 Å². The number of rotatable bonds is 16. The standard InChI is InChI=1S/C20H38N6O7/c1-4-10(2)15(25-17(29)12(22)9-14(23)28)18(30)26-16(11(3)27)19(31)24-13(20(32)33)7-5-6-8-21/h10-13,15-16,27H,4-9,21-22H2,1-3H3,(H2,23,28)(H,24,31)(H,25,29)(H,26,30)(H,32,33). The van der Waals surface area contributed by atoms with Crippen LogP contribution in [0.15, 0.2) is 0 Å². The zero-order chi connectivity index (χ0) is 25.7. The second-order valence-corrected chi connectivity index (χ2v) is 8.06. The number of amides is 4. The van der Waals surface area contributed by atoms with Gasteiger partial charge in [-0.2, -0.15) is 0 Å². The average Bonchev–Trinajstić information content (AvgIpc) is 2.73. The van der Waals surface area contributed by atoms with Crippen molar-refractivity contribution in [3.05, 3.63) is 0 Å². The fourth-order valence-corrected chi connectivity index (χ4v) is 2.93. The van der Waals surface area contributed by atoms with Gasteiger partial charge in [-0.05, 0) is 38.6 Å². The van der Waals surface area contributed by atoms with Crippen LogP contribution < -0.4 is 33.2 Å². The number of aliphatic hydroxyl groups is 1. The van der Waals surface area contributed by atoms with Gasteiger partial charge in [0.1, 0.15) is 18.1 Å². The summed E-state index contributed by atoms with van der Waals surface area (Å²) in [4.78, 5) is 60.3. The van der Waals surface area contributed by atoms with Gasteiger partial charge in [-0.3, -0.25) is 19.2 Å². The van der Waals surface area contributed by atoms with Crippen LogP contribution in [0.3, 0.4) is 0 Å². The molecule has 0 aromatic carbocycles. The molecular weight excluding hydrogens is 436 g/mol. The van der Waals surface area contributed by atoms with Crippen molar-refractivity contribution < 1.29 is 34.2 Å². The summed E-state index contributed by atoms with van der Waals surface area (Å²) in [6, 6.07) is -5.09. The first-order chi connectivity index (χ1) is 15.3. The molecule has 0 fully saturated rings. The molecule has 0 aromatic rings. The molecule has 0 bridgehead atoms. The van der Waals surface area contributed by atoms with Gasteiger partial charge >= 0.3 is 5.97 Å². The molecule has 13 heteroatoms. The summed E-state index contributed by atoms with van der Waals surface area (Å²) in [7, 11) is 0. The number of hydrogen-bond donors (Lipinski definition) is 8. The number of unbranched alkanes of at least 4 members (excludes halogenated alkanes) is 1. The number of primary amides is 1. The van der Waals surface area contributed by atoms with Gasteiger partial charge in [-0.25, -0.2) is 4.79 Å². The Morgan fingerprint density at radius 1 is 0.909 bits per heavy atom. The van der Waals surface area contributed by atoms with Crippen molar-refractivity contribution in [3.8, 4) is 0 Å². The lowest BCUT2D eigenvalue weighted by Gasteiger charge is -2.28. The lowest BCUT2D eigenvalue weighted by molar-refractivity contribution is -0.143. The minimum absolute atomic E-state index is 0.127. The molecule has 0 heterocycles. The number of nitrogens with two attached hydrogens (primary N) is 3. The Morgan fingerprint density at radius 2 is 1.45 bits per heavy atom. The molecule has 190 valence electrons. The number of nitrogens with one attached hydrogen (secondary N) is 3. The zero-order valence-electron chi connectivity index (χ0n) is 19.4. The van der Waals surface area contributed by atoms with Crippen LogP contribution in [-0.2, 0) is 24.0 Å². The lowest BCUT2D eigenvalue weighted by atomic mass is 9.97. The third-order valence-electron chi connectivity index (χ3n) is 5.18. The Morgan fingerprint density at radius 3 is 1.91 bits per heavy atom. The Kier molecular flexibility index (Phi) is 13.9. The van der Waals surface area contributed by atoms with Crippen LogP contribution in [0.4, 0.5) is 0 Å². The first kappa shape index (κ1) is 30.2. The predicted octanol–water partition coefficient (Wildman–Crippen LogP) is -2.72. The molecule has 0 saturated carbocycles. The largest absolute Gasteiger partial charge is 0.480 e. The second-order valence-electron chi connectivity index (χ2n) is 8.06. The molecule has 6 atom stereocenters. The van der Waals surface area contributed by atoms with Crippen molar-refractivity contribution in [2.24, 2.45) is 23.1 Å². The van der Waals surface area contributed by atoms with Gasteiger partial charge in [0, 0.05) is 0 Å². The van der Waals surface area contributed by atoms with Crippen LogP contribution in [0.2, 0.25) is 0 Å². The van der Waals surface area contributed by atoms with E-state index >= 15 is 0 Å². The number of hydrogen-bond acceptors (Lipinski definition) is 8. The summed E-state index contributed by atoms with van der Waals surface area (Å²) in [6.07, 6.45) is -0.144. The van der Waals surface area contributed by atoms with Gasteiger partial charge in [0.05, 0.1) is 18.6 Å². The number of carboxylic acids is 1. The zero-order valence-corrected chi connectivity index (χ0v) is 19.4. The monoisotopic (exact) mass is 474 g/mol.